The van der Waals surface area contributed by atoms with Crippen LogP contribution < -0.4 is 0 Å². The summed E-state index contributed by atoms with van der Waals surface area (Å²) in [5.74, 6) is -0.130. The number of nitrogens with zero attached hydrogens (tertiary/aromatic N) is 2. The summed E-state index contributed by atoms with van der Waals surface area (Å²) in [6.07, 6.45) is 1.33. The van der Waals surface area contributed by atoms with E-state index in [4.69, 9.17) is 21.6 Å². The average Bonchev–Trinajstić information content (AvgIpc) is 3.04. The molecule has 2 aromatic rings. The highest BCUT2D eigenvalue weighted by atomic mass is 35.5. The summed E-state index contributed by atoms with van der Waals surface area (Å²) in [6.45, 7) is 2.84. The van der Waals surface area contributed by atoms with E-state index in [1.54, 1.807) is 11.0 Å². The topological polar surface area (TPSA) is 69.1 Å². The van der Waals surface area contributed by atoms with Crippen LogP contribution >= 0.6 is 11.6 Å². The van der Waals surface area contributed by atoms with Crippen molar-refractivity contribution in [3.63, 3.8) is 0 Å². The SMILES string of the molecule is C[C@H]1CO[C@@H](c2cccc(Cl)c2)CN1C(=O)c1cc(C#N)c[nH]1. The van der Waals surface area contributed by atoms with Gasteiger partial charge in [-0.15, -0.1) is 0 Å². The largest absolute Gasteiger partial charge is 0.370 e. The maximum Gasteiger partial charge on any atom is 0.270 e. The second-order valence-electron chi connectivity index (χ2n) is 5.60. The number of H-pyrrole nitrogens is 1. The molecule has 0 spiro atoms. The summed E-state index contributed by atoms with van der Waals surface area (Å²) in [4.78, 5) is 17.3. The number of hydrogen-bond donors (Lipinski definition) is 1. The molecule has 1 aromatic heterocycles. The Morgan fingerprint density at radius 1 is 1.48 bits per heavy atom. The Labute approximate surface area is 139 Å². The number of nitriles is 1. The Bertz CT molecular complexity index is 765. The van der Waals surface area contributed by atoms with E-state index in [0.717, 1.165) is 5.56 Å². The number of carbonyl (C=O) groups excluding carboxylic acids is 1. The molecule has 0 radical (unpaired) electrons. The van der Waals surface area contributed by atoms with E-state index >= 15 is 0 Å². The van der Waals surface area contributed by atoms with Gasteiger partial charge in [-0.3, -0.25) is 4.79 Å². The fourth-order valence-electron chi connectivity index (χ4n) is 2.69. The van der Waals surface area contributed by atoms with Gasteiger partial charge in [0, 0.05) is 11.2 Å². The number of benzene rings is 1. The van der Waals surface area contributed by atoms with E-state index in [9.17, 15) is 4.79 Å². The molecule has 23 heavy (non-hydrogen) atoms. The molecule has 0 bridgehead atoms. The van der Waals surface area contributed by atoms with Gasteiger partial charge in [0.15, 0.2) is 0 Å². The first-order valence-corrected chi connectivity index (χ1v) is 7.73. The quantitative estimate of drug-likeness (QED) is 0.920. The number of rotatable bonds is 2. The van der Waals surface area contributed by atoms with E-state index in [0.29, 0.717) is 29.4 Å². The van der Waals surface area contributed by atoms with Crippen molar-refractivity contribution in [2.24, 2.45) is 0 Å². The van der Waals surface area contributed by atoms with Crippen molar-refractivity contribution in [2.75, 3.05) is 13.2 Å². The zero-order chi connectivity index (χ0) is 16.4. The fraction of sp³-hybridized carbons (Fsp3) is 0.294. The van der Waals surface area contributed by atoms with Crippen LogP contribution in [0, 0.1) is 11.3 Å². The molecule has 1 saturated heterocycles. The van der Waals surface area contributed by atoms with E-state index in [1.807, 2.05) is 37.3 Å². The first-order valence-electron chi connectivity index (χ1n) is 7.35. The Kier molecular flexibility index (Phi) is 4.37. The number of nitrogens with one attached hydrogen (secondary N) is 1. The minimum absolute atomic E-state index is 0.0354. The third-order valence-corrected chi connectivity index (χ3v) is 4.19. The van der Waals surface area contributed by atoms with Crippen LogP contribution in [0.15, 0.2) is 36.5 Å². The van der Waals surface area contributed by atoms with Gasteiger partial charge in [0.1, 0.15) is 17.9 Å². The van der Waals surface area contributed by atoms with Crippen molar-refractivity contribution in [3.8, 4) is 6.07 Å². The lowest BCUT2D eigenvalue weighted by atomic mass is 10.1. The lowest BCUT2D eigenvalue weighted by Gasteiger charge is -2.38. The third-order valence-electron chi connectivity index (χ3n) is 3.96. The lowest BCUT2D eigenvalue weighted by molar-refractivity contribution is -0.0488. The zero-order valence-corrected chi connectivity index (χ0v) is 13.4. The molecule has 2 atom stereocenters. The van der Waals surface area contributed by atoms with Crippen molar-refractivity contribution in [3.05, 3.63) is 58.4 Å². The molecule has 6 heteroatoms. The first-order chi connectivity index (χ1) is 11.1. The number of hydrogen-bond acceptors (Lipinski definition) is 3. The van der Waals surface area contributed by atoms with Crippen molar-refractivity contribution < 1.29 is 9.53 Å². The van der Waals surface area contributed by atoms with Crippen molar-refractivity contribution >= 4 is 17.5 Å². The van der Waals surface area contributed by atoms with Crippen molar-refractivity contribution in [1.82, 2.24) is 9.88 Å². The highest BCUT2D eigenvalue weighted by Gasteiger charge is 2.31. The molecule has 0 unspecified atom stereocenters. The second kappa shape index (κ2) is 6.45. The van der Waals surface area contributed by atoms with Crippen LogP contribution in [0.25, 0.3) is 0 Å². The molecule has 1 aromatic carbocycles. The number of halogens is 1. The van der Waals surface area contributed by atoms with Crippen LogP contribution in [0.3, 0.4) is 0 Å². The van der Waals surface area contributed by atoms with Crippen LogP contribution in [-0.4, -0.2) is 35.0 Å². The van der Waals surface area contributed by atoms with Gasteiger partial charge in [-0.25, -0.2) is 0 Å². The third kappa shape index (κ3) is 3.24. The van der Waals surface area contributed by atoms with Gasteiger partial charge in [0.05, 0.1) is 24.8 Å². The standard InChI is InChI=1S/C17H16ClN3O2/c1-11-10-23-16(13-3-2-4-14(18)6-13)9-21(11)17(22)15-5-12(7-19)8-20-15/h2-6,8,11,16,20H,9-10H2,1H3/t11-,16+/m0/s1. The minimum Gasteiger partial charge on any atom is -0.370 e. The number of carbonyl (C=O) groups is 1. The molecule has 2 heterocycles. The van der Waals surface area contributed by atoms with Gasteiger partial charge in [0.2, 0.25) is 0 Å². The molecular formula is C17H16ClN3O2. The van der Waals surface area contributed by atoms with Gasteiger partial charge in [-0.1, -0.05) is 23.7 Å². The molecule has 1 aliphatic heterocycles. The molecular weight excluding hydrogens is 314 g/mol. The lowest BCUT2D eigenvalue weighted by Crippen LogP contribution is -2.48. The fourth-order valence-corrected chi connectivity index (χ4v) is 2.88. The molecule has 0 aliphatic carbocycles. The Morgan fingerprint density at radius 3 is 3.00 bits per heavy atom. The molecule has 5 nitrogen and oxygen atoms in total. The zero-order valence-electron chi connectivity index (χ0n) is 12.6. The predicted molar refractivity (Wildman–Crippen MR) is 86.2 cm³/mol. The molecule has 1 N–H and O–H groups in total. The molecule has 1 fully saturated rings. The van der Waals surface area contributed by atoms with E-state index in [2.05, 4.69) is 4.98 Å². The number of ether oxygens (including phenoxy) is 1. The monoisotopic (exact) mass is 329 g/mol. The summed E-state index contributed by atoms with van der Waals surface area (Å²) in [5.41, 5.74) is 1.81. The summed E-state index contributed by atoms with van der Waals surface area (Å²) in [6, 6.07) is 11.0. The van der Waals surface area contributed by atoms with Crippen molar-refractivity contribution in [1.29, 1.82) is 5.26 Å². The number of morpholine rings is 1. The Morgan fingerprint density at radius 2 is 2.30 bits per heavy atom. The minimum atomic E-state index is -0.209. The predicted octanol–water partition coefficient (Wildman–Crippen LogP) is 3.14. The van der Waals surface area contributed by atoms with E-state index in [-0.39, 0.29) is 18.1 Å². The highest BCUT2D eigenvalue weighted by Crippen LogP contribution is 2.27. The molecule has 1 aliphatic rings. The maximum absolute atomic E-state index is 12.7. The second-order valence-corrected chi connectivity index (χ2v) is 6.03. The molecule has 0 saturated carbocycles. The van der Waals surface area contributed by atoms with E-state index < -0.39 is 0 Å². The average molecular weight is 330 g/mol. The van der Waals surface area contributed by atoms with Gasteiger partial charge in [-0.2, -0.15) is 5.26 Å². The Hall–Kier alpha value is -2.29. The molecule has 1 amide bonds. The van der Waals surface area contributed by atoms with E-state index in [1.165, 1.54) is 6.20 Å². The summed E-state index contributed by atoms with van der Waals surface area (Å²) in [7, 11) is 0. The van der Waals surface area contributed by atoms with Gasteiger partial charge in [0.25, 0.3) is 5.91 Å². The van der Waals surface area contributed by atoms with Gasteiger partial charge >= 0.3 is 0 Å². The summed E-state index contributed by atoms with van der Waals surface area (Å²) >= 11 is 6.03. The smallest absolute Gasteiger partial charge is 0.270 e. The van der Waals surface area contributed by atoms with Crippen LogP contribution in [0.4, 0.5) is 0 Å². The maximum atomic E-state index is 12.7. The van der Waals surface area contributed by atoms with Crippen LogP contribution in [0.2, 0.25) is 5.02 Å². The number of amides is 1. The van der Waals surface area contributed by atoms with Crippen LogP contribution in [0.1, 0.15) is 34.6 Å². The Balaban J connectivity index is 1.81. The molecule has 3 rings (SSSR count). The van der Waals surface area contributed by atoms with Gasteiger partial charge in [-0.05, 0) is 30.7 Å². The number of aromatic amines is 1. The summed E-state index contributed by atoms with van der Waals surface area (Å²) in [5, 5.41) is 9.53. The summed E-state index contributed by atoms with van der Waals surface area (Å²) < 4.78 is 5.86. The van der Waals surface area contributed by atoms with Crippen LogP contribution in [-0.2, 0) is 4.74 Å². The first kappa shape index (κ1) is 15.6. The van der Waals surface area contributed by atoms with Crippen molar-refractivity contribution in [2.45, 2.75) is 19.1 Å². The highest BCUT2D eigenvalue weighted by molar-refractivity contribution is 6.30. The van der Waals surface area contributed by atoms with Gasteiger partial charge < -0.3 is 14.6 Å². The van der Waals surface area contributed by atoms with Crippen LogP contribution in [0.5, 0.6) is 0 Å². The molecule has 118 valence electrons. The number of aromatic nitrogens is 1. The normalized spacial score (nSPS) is 21.0.